The molecule has 0 radical (unpaired) electrons. The molecule has 4 heteroatoms. The van der Waals surface area contributed by atoms with Gasteiger partial charge in [0.2, 0.25) is 11.8 Å². The summed E-state index contributed by atoms with van der Waals surface area (Å²) in [5.74, 6) is 0.384. The zero-order valence-electron chi connectivity index (χ0n) is 17.9. The van der Waals surface area contributed by atoms with Gasteiger partial charge in [0.1, 0.15) is 0 Å². The fourth-order valence-electron chi connectivity index (χ4n) is 4.38. The summed E-state index contributed by atoms with van der Waals surface area (Å²) in [5, 5.41) is 0. The van der Waals surface area contributed by atoms with Crippen LogP contribution in [0.4, 0.5) is 0 Å². The van der Waals surface area contributed by atoms with Gasteiger partial charge < -0.3 is 9.80 Å². The zero-order valence-corrected chi connectivity index (χ0v) is 17.9. The van der Waals surface area contributed by atoms with E-state index < -0.39 is 5.41 Å². The van der Waals surface area contributed by atoms with Crippen LogP contribution in [0.25, 0.3) is 11.1 Å². The highest BCUT2D eigenvalue weighted by Crippen LogP contribution is 2.37. The van der Waals surface area contributed by atoms with Crippen molar-refractivity contribution < 1.29 is 9.59 Å². The molecular formula is C25H32N2O2. The third-order valence-electron chi connectivity index (χ3n) is 5.97. The molecule has 2 aromatic carbocycles. The largest absolute Gasteiger partial charge is 0.348 e. The lowest BCUT2D eigenvalue weighted by atomic mass is 9.72. The van der Waals surface area contributed by atoms with Crippen molar-refractivity contribution in [2.75, 3.05) is 27.2 Å². The molecule has 1 fully saturated rings. The highest BCUT2D eigenvalue weighted by atomic mass is 16.2. The number of amides is 2. The summed E-state index contributed by atoms with van der Waals surface area (Å²) >= 11 is 0. The van der Waals surface area contributed by atoms with Crippen LogP contribution in [0.15, 0.2) is 54.6 Å². The van der Waals surface area contributed by atoms with E-state index in [0.717, 1.165) is 19.3 Å². The molecule has 1 saturated heterocycles. The van der Waals surface area contributed by atoms with Crippen molar-refractivity contribution in [1.82, 2.24) is 9.80 Å². The van der Waals surface area contributed by atoms with E-state index in [2.05, 4.69) is 36.4 Å². The van der Waals surface area contributed by atoms with Gasteiger partial charge in [-0.25, -0.2) is 0 Å². The molecule has 1 heterocycles. The number of piperidine rings is 1. The molecular weight excluding hydrogens is 360 g/mol. The molecule has 0 aliphatic carbocycles. The Morgan fingerprint density at radius 2 is 1.62 bits per heavy atom. The van der Waals surface area contributed by atoms with Gasteiger partial charge in [0.25, 0.3) is 0 Å². The number of carbonyl (C=O) groups excluding carboxylic acids is 2. The second-order valence-corrected chi connectivity index (χ2v) is 8.35. The first kappa shape index (κ1) is 21.1. The van der Waals surface area contributed by atoms with Crippen molar-refractivity contribution in [1.29, 1.82) is 0 Å². The average molecular weight is 393 g/mol. The molecule has 29 heavy (non-hydrogen) atoms. The van der Waals surface area contributed by atoms with E-state index in [9.17, 15) is 9.59 Å². The van der Waals surface area contributed by atoms with Crippen LogP contribution in [0.2, 0.25) is 0 Å². The Morgan fingerprint density at radius 1 is 0.966 bits per heavy atom. The van der Waals surface area contributed by atoms with Crippen molar-refractivity contribution in [3.05, 3.63) is 60.2 Å². The quantitative estimate of drug-likeness (QED) is 0.731. The van der Waals surface area contributed by atoms with Crippen LogP contribution in [0, 0.1) is 5.41 Å². The fraction of sp³-hybridized carbons (Fsp3) is 0.440. The average Bonchev–Trinajstić information content (AvgIpc) is 2.74. The number of hydrogen-bond donors (Lipinski definition) is 0. The van der Waals surface area contributed by atoms with E-state index in [1.807, 2.05) is 44.1 Å². The number of likely N-dealkylation sites (tertiary alicyclic amines) is 1. The maximum Gasteiger partial charge on any atom is 0.228 e. The molecule has 0 bridgehead atoms. The Labute approximate surface area is 174 Å². The van der Waals surface area contributed by atoms with Crippen LogP contribution in [-0.4, -0.2) is 48.8 Å². The highest BCUT2D eigenvalue weighted by Gasteiger charge is 2.43. The summed E-state index contributed by atoms with van der Waals surface area (Å²) in [4.78, 5) is 29.2. The molecule has 0 N–H and O–H groups in total. The lowest BCUT2D eigenvalue weighted by Crippen LogP contribution is -2.50. The standard InChI is InChI=1S/C25H32N2O2/c1-4-9-23(28)27-16-14-25(15-17-27,24(29)26(2)3)19-20-10-8-13-22(18-20)21-11-6-5-7-12-21/h5-8,10-13,18H,4,9,14-17,19H2,1-3H3. The van der Waals surface area contributed by atoms with E-state index in [1.54, 1.807) is 4.90 Å². The molecule has 3 rings (SSSR count). The molecule has 0 saturated carbocycles. The molecule has 0 spiro atoms. The minimum absolute atomic E-state index is 0.171. The Bertz CT molecular complexity index is 837. The zero-order chi connectivity index (χ0) is 20.9. The summed E-state index contributed by atoms with van der Waals surface area (Å²) in [5.41, 5.74) is 3.09. The van der Waals surface area contributed by atoms with E-state index in [4.69, 9.17) is 0 Å². The molecule has 2 aromatic rings. The molecule has 1 aliphatic heterocycles. The molecule has 1 aliphatic rings. The lowest BCUT2D eigenvalue weighted by Gasteiger charge is -2.42. The third kappa shape index (κ3) is 4.87. The minimum atomic E-state index is -0.443. The van der Waals surface area contributed by atoms with Gasteiger partial charge in [-0.05, 0) is 42.4 Å². The number of nitrogens with zero attached hydrogens (tertiary/aromatic N) is 2. The molecule has 0 aromatic heterocycles. The van der Waals surface area contributed by atoms with Gasteiger partial charge in [-0.3, -0.25) is 9.59 Å². The van der Waals surface area contributed by atoms with Crippen LogP contribution in [0.1, 0.15) is 38.2 Å². The molecule has 154 valence electrons. The van der Waals surface area contributed by atoms with Gasteiger partial charge in [-0.1, -0.05) is 61.5 Å². The van der Waals surface area contributed by atoms with Crippen molar-refractivity contribution in [3.8, 4) is 11.1 Å². The van der Waals surface area contributed by atoms with Gasteiger partial charge >= 0.3 is 0 Å². The van der Waals surface area contributed by atoms with E-state index in [-0.39, 0.29) is 11.8 Å². The van der Waals surface area contributed by atoms with Gasteiger partial charge in [0.05, 0.1) is 5.41 Å². The van der Waals surface area contributed by atoms with Gasteiger partial charge in [-0.15, -0.1) is 0 Å². The summed E-state index contributed by atoms with van der Waals surface area (Å²) in [6.07, 6.45) is 3.60. The summed E-state index contributed by atoms with van der Waals surface area (Å²) in [7, 11) is 3.66. The SMILES string of the molecule is CCCC(=O)N1CCC(Cc2cccc(-c3ccccc3)c2)(C(=O)N(C)C)CC1. The van der Waals surface area contributed by atoms with Crippen molar-refractivity contribution in [3.63, 3.8) is 0 Å². The van der Waals surface area contributed by atoms with Crippen LogP contribution in [0.3, 0.4) is 0 Å². The van der Waals surface area contributed by atoms with Crippen LogP contribution < -0.4 is 0 Å². The first-order valence-electron chi connectivity index (χ1n) is 10.6. The maximum atomic E-state index is 13.2. The maximum absolute atomic E-state index is 13.2. The van der Waals surface area contributed by atoms with Gasteiger partial charge in [0.15, 0.2) is 0 Å². The number of rotatable bonds is 6. The topological polar surface area (TPSA) is 40.6 Å². The first-order valence-corrected chi connectivity index (χ1v) is 10.6. The second kappa shape index (κ2) is 9.25. The monoisotopic (exact) mass is 392 g/mol. The van der Waals surface area contributed by atoms with E-state index >= 15 is 0 Å². The van der Waals surface area contributed by atoms with E-state index in [0.29, 0.717) is 25.9 Å². The summed E-state index contributed by atoms with van der Waals surface area (Å²) < 4.78 is 0. The van der Waals surface area contributed by atoms with Gasteiger partial charge in [-0.2, -0.15) is 0 Å². The van der Waals surface area contributed by atoms with Crippen LogP contribution in [0.5, 0.6) is 0 Å². The lowest BCUT2D eigenvalue weighted by molar-refractivity contribution is -0.146. The summed E-state index contributed by atoms with van der Waals surface area (Å²) in [6, 6.07) is 18.8. The predicted molar refractivity (Wildman–Crippen MR) is 117 cm³/mol. The number of benzene rings is 2. The Hall–Kier alpha value is -2.62. The second-order valence-electron chi connectivity index (χ2n) is 8.35. The van der Waals surface area contributed by atoms with Crippen molar-refractivity contribution in [2.45, 2.75) is 39.0 Å². The fourth-order valence-corrected chi connectivity index (χ4v) is 4.38. The molecule has 0 unspecified atom stereocenters. The Kier molecular flexibility index (Phi) is 6.73. The van der Waals surface area contributed by atoms with E-state index in [1.165, 1.54) is 16.7 Å². The van der Waals surface area contributed by atoms with Crippen molar-refractivity contribution >= 4 is 11.8 Å². The normalized spacial score (nSPS) is 15.8. The first-order chi connectivity index (χ1) is 13.9. The van der Waals surface area contributed by atoms with Crippen LogP contribution >= 0.6 is 0 Å². The summed E-state index contributed by atoms with van der Waals surface area (Å²) in [6.45, 7) is 3.36. The molecule has 0 atom stereocenters. The number of hydrogen-bond acceptors (Lipinski definition) is 2. The third-order valence-corrected chi connectivity index (χ3v) is 5.97. The molecule has 2 amide bonds. The minimum Gasteiger partial charge on any atom is -0.348 e. The van der Waals surface area contributed by atoms with Crippen LogP contribution in [-0.2, 0) is 16.0 Å². The highest BCUT2D eigenvalue weighted by molar-refractivity contribution is 5.83. The smallest absolute Gasteiger partial charge is 0.228 e. The van der Waals surface area contributed by atoms with Crippen molar-refractivity contribution in [2.24, 2.45) is 5.41 Å². The Morgan fingerprint density at radius 3 is 2.24 bits per heavy atom. The number of carbonyl (C=O) groups is 2. The Balaban J connectivity index is 1.83. The predicted octanol–water partition coefficient (Wildman–Crippen LogP) is 4.39. The molecule has 4 nitrogen and oxygen atoms in total. The van der Waals surface area contributed by atoms with Gasteiger partial charge in [0, 0.05) is 33.6 Å².